The summed E-state index contributed by atoms with van der Waals surface area (Å²) >= 11 is 4.96. The molecule has 3 rings (SSSR count). The van der Waals surface area contributed by atoms with Crippen LogP contribution in [0.3, 0.4) is 0 Å². The first kappa shape index (κ1) is 14.7. The summed E-state index contributed by atoms with van der Waals surface area (Å²) in [6.45, 7) is 0. The number of amides is 1. The van der Waals surface area contributed by atoms with Crippen molar-refractivity contribution < 1.29 is 4.79 Å². The zero-order valence-electron chi connectivity index (χ0n) is 11.5. The van der Waals surface area contributed by atoms with E-state index in [1.807, 2.05) is 12.1 Å². The maximum atomic E-state index is 12.3. The number of benzene rings is 1. The van der Waals surface area contributed by atoms with Gasteiger partial charge in [0.05, 0.1) is 10.2 Å². The molecule has 112 valence electrons. The molecule has 1 aliphatic rings. The fraction of sp³-hybridized carbons (Fsp3) is 0.429. The SMILES string of the molecule is NNc1nc2c(Br)cc(NC(=O)C3CCCCC3)cc2s1. The molecule has 0 aliphatic heterocycles. The van der Waals surface area contributed by atoms with Crippen LogP contribution in [-0.2, 0) is 4.79 Å². The first-order valence-corrected chi connectivity index (χ1v) is 8.66. The minimum Gasteiger partial charge on any atom is -0.326 e. The Morgan fingerprint density at radius 2 is 2.10 bits per heavy atom. The molecule has 7 heteroatoms. The molecule has 1 heterocycles. The Morgan fingerprint density at radius 1 is 1.33 bits per heavy atom. The lowest BCUT2D eigenvalue weighted by Gasteiger charge is -2.20. The van der Waals surface area contributed by atoms with Gasteiger partial charge in [-0.1, -0.05) is 30.6 Å². The number of nitrogens with one attached hydrogen (secondary N) is 2. The minimum atomic E-state index is 0.127. The van der Waals surface area contributed by atoms with Crippen LogP contribution in [0.1, 0.15) is 32.1 Å². The highest BCUT2D eigenvalue weighted by molar-refractivity contribution is 9.10. The molecule has 1 aliphatic carbocycles. The van der Waals surface area contributed by atoms with Crippen LogP contribution >= 0.6 is 27.3 Å². The van der Waals surface area contributed by atoms with Crippen LogP contribution in [0, 0.1) is 5.92 Å². The summed E-state index contributed by atoms with van der Waals surface area (Å²) < 4.78 is 1.84. The molecule has 5 nitrogen and oxygen atoms in total. The van der Waals surface area contributed by atoms with Crippen LogP contribution in [0.5, 0.6) is 0 Å². The number of anilines is 2. The van der Waals surface area contributed by atoms with Gasteiger partial charge in [0.2, 0.25) is 5.91 Å². The molecular weight excluding hydrogens is 352 g/mol. The molecule has 1 saturated carbocycles. The molecule has 1 aromatic carbocycles. The van der Waals surface area contributed by atoms with Gasteiger partial charge in [-0.2, -0.15) is 0 Å². The monoisotopic (exact) mass is 368 g/mol. The van der Waals surface area contributed by atoms with Gasteiger partial charge in [-0.3, -0.25) is 10.2 Å². The maximum absolute atomic E-state index is 12.3. The molecule has 21 heavy (non-hydrogen) atoms. The average molecular weight is 369 g/mol. The highest BCUT2D eigenvalue weighted by atomic mass is 79.9. The summed E-state index contributed by atoms with van der Waals surface area (Å²) in [6.07, 6.45) is 5.55. The lowest BCUT2D eigenvalue weighted by atomic mass is 9.88. The van der Waals surface area contributed by atoms with Gasteiger partial charge >= 0.3 is 0 Å². The van der Waals surface area contributed by atoms with E-state index < -0.39 is 0 Å². The summed E-state index contributed by atoms with van der Waals surface area (Å²) in [7, 11) is 0. The fourth-order valence-electron chi connectivity index (χ4n) is 2.73. The highest BCUT2D eigenvalue weighted by Gasteiger charge is 2.21. The number of carbonyl (C=O) groups is 1. The Balaban J connectivity index is 1.81. The number of nitrogens with zero attached hydrogens (tertiary/aromatic N) is 1. The number of halogens is 1. The third-order valence-corrected chi connectivity index (χ3v) is 5.35. The van der Waals surface area contributed by atoms with E-state index in [1.165, 1.54) is 17.8 Å². The van der Waals surface area contributed by atoms with Crippen molar-refractivity contribution in [1.29, 1.82) is 0 Å². The molecule has 1 aromatic heterocycles. The van der Waals surface area contributed by atoms with Gasteiger partial charge in [0.25, 0.3) is 0 Å². The summed E-state index contributed by atoms with van der Waals surface area (Å²) in [5, 5.41) is 3.68. The molecular formula is C14H17BrN4OS. The Morgan fingerprint density at radius 3 is 2.81 bits per heavy atom. The number of hydrazine groups is 1. The van der Waals surface area contributed by atoms with Crippen LogP contribution in [-0.4, -0.2) is 10.9 Å². The van der Waals surface area contributed by atoms with Crippen molar-refractivity contribution in [2.45, 2.75) is 32.1 Å². The van der Waals surface area contributed by atoms with E-state index in [-0.39, 0.29) is 11.8 Å². The Labute approximate surface area is 135 Å². The van der Waals surface area contributed by atoms with Gasteiger partial charge in [-0.15, -0.1) is 0 Å². The molecule has 4 N–H and O–H groups in total. The Kier molecular flexibility index (Phi) is 4.42. The number of hydrogen-bond donors (Lipinski definition) is 3. The number of nitrogens with two attached hydrogens (primary N) is 1. The van der Waals surface area contributed by atoms with Crippen LogP contribution in [0.15, 0.2) is 16.6 Å². The van der Waals surface area contributed by atoms with E-state index in [4.69, 9.17) is 5.84 Å². The molecule has 0 radical (unpaired) electrons. The molecule has 0 unspecified atom stereocenters. The molecule has 0 saturated heterocycles. The number of thiazole rings is 1. The van der Waals surface area contributed by atoms with Gasteiger partial charge in [0.1, 0.15) is 0 Å². The topological polar surface area (TPSA) is 80.0 Å². The minimum absolute atomic E-state index is 0.127. The van der Waals surface area contributed by atoms with E-state index in [1.54, 1.807) is 0 Å². The van der Waals surface area contributed by atoms with Crippen molar-refractivity contribution in [2.24, 2.45) is 11.8 Å². The molecule has 0 spiro atoms. The second kappa shape index (κ2) is 6.29. The smallest absolute Gasteiger partial charge is 0.227 e. The van der Waals surface area contributed by atoms with Crippen molar-refractivity contribution in [3.63, 3.8) is 0 Å². The van der Waals surface area contributed by atoms with Crippen LogP contribution in [0.4, 0.5) is 10.8 Å². The summed E-state index contributed by atoms with van der Waals surface area (Å²) in [5.41, 5.74) is 4.21. The lowest BCUT2D eigenvalue weighted by molar-refractivity contribution is -0.120. The Hall–Kier alpha value is -1.18. The zero-order valence-corrected chi connectivity index (χ0v) is 13.9. The van der Waals surface area contributed by atoms with Crippen molar-refractivity contribution in [2.75, 3.05) is 10.7 Å². The molecule has 2 aromatic rings. The maximum Gasteiger partial charge on any atom is 0.227 e. The second-order valence-corrected chi connectivity index (χ2v) is 7.18. The van der Waals surface area contributed by atoms with E-state index >= 15 is 0 Å². The van der Waals surface area contributed by atoms with Crippen molar-refractivity contribution in [3.8, 4) is 0 Å². The number of aromatic nitrogens is 1. The number of carbonyl (C=O) groups excluding carboxylic acids is 1. The first-order chi connectivity index (χ1) is 10.2. The van der Waals surface area contributed by atoms with E-state index in [0.717, 1.165) is 46.1 Å². The number of rotatable bonds is 3. The van der Waals surface area contributed by atoms with Crippen LogP contribution in [0.2, 0.25) is 0 Å². The molecule has 0 bridgehead atoms. The predicted molar refractivity (Wildman–Crippen MR) is 90.3 cm³/mol. The molecule has 1 fully saturated rings. The predicted octanol–water partition coefficient (Wildman–Crippen LogP) is 3.86. The fourth-order valence-corrected chi connectivity index (χ4v) is 4.25. The highest BCUT2D eigenvalue weighted by Crippen LogP contribution is 2.34. The normalized spacial score (nSPS) is 16.1. The van der Waals surface area contributed by atoms with Gasteiger partial charge in [0.15, 0.2) is 5.13 Å². The third-order valence-electron chi connectivity index (χ3n) is 3.82. The average Bonchev–Trinajstić information content (AvgIpc) is 2.92. The Bertz CT molecular complexity index is 666. The largest absolute Gasteiger partial charge is 0.326 e. The molecule has 0 atom stereocenters. The van der Waals surface area contributed by atoms with Crippen LogP contribution < -0.4 is 16.6 Å². The number of hydrogen-bond acceptors (Lipinski definition) is 5. The number of nitrogen functional groups attached to an aromatic ring is 1. The second-order valence-electron chi connectivity index (χ2n) is 5.29. The quantitative estimate of drug-likeness (QED) is 0.567. The third kappa shape index (κ3) is 3.20. The molecule has 1 amide bonds. The summed E-state index contributed by atoms with van der Waals surface area (Å²) in [5.74, 6) is 5.67. The summed E-state index contributed by atoms with van der Waals surface area (Å²) in [4.78, 5) is 16.7. The van der Waals surface area contributed by atoms with Gasteiger partial charge < -0.3 is 5.32 Å². The van der Waals surface area contributed by atoms with Gasteiger partial charge in [-0.05, 0) is 40.9 Å². The van der Waals surface area contributed by atoms with Crippen LogP contribution in [0.25, 0.3) is 10.2 Å². The standard InChI is InChI=1S/C14H17BrN4OS/c15-10-6-9(7-11-12(10)18-14(19-16)21-11)17-13(20)8-4-2-1-3-5-8/h6-8H,1-5,16H2,(H,17,20)(H,18,19). The summed E-state index contributed by atoms with van der Waals surface area (Å²) in [6, 6.07) is 3.84. The number of fused-ring (bicyclic) bond motifs is 1. The van der Waals surface area contributed by atoms with E-state index in [9.17, 15) is 4.79 Å². The van der Waals surface area contributed by atoms with E-state index in [0.29, 0.717) is 5.13 Å². The van der Waals surface area contributed by atoms with Crippen molar-refractivity contribution in [3.05, 3.63) is 16.6 Å². The van der Waals surface area contributed by atoms with Gasteiger partial charge in [-0.25, -0.2) is 10.8 Å². The zero-order chi connectivity index (χ0) is 14.8. The van der Waals surface area contributed by atoms with Crippen molar-refractivity contribution in [1.82, 2.24) is 4.98 Å². The van der Waals surface area contributed by atoms with Crippen molar-refractivity contribution >= 4 is 54.2 Å². The van der Waals surface area contributed by atoms with E-state index in [2.05, 4.69) is 31.7 Å². The lowest BCUT2D eigenvalue weighted by Crippen LogP contribution is -2.24. The first-order valence-electron chi connectivity index (χ1n) is 7.05. The van der Waals surface area contributed by atoms with Gasteiger partial charge in [0, 0.05) is 16.1 Å².